The van der Waals surface area contributed by atoms with E-state index in [0.717, 1.165) is 37.4 Å². The van der Waals surface area contributed by atoms with E-state index in [9.17, 15) is 4.79 Å². The van der Waals surface area contributed by atoms with Crippen LogP contribution in [0.25, 0.3) is 0 Å². The van der Waals surface area contributed by atoms with E-state index >= 15 is 0 Å². The molecule has 0 bridgehead atoms. The average molecular weight is 381 g/mol. The largest absolute Gasteiger partial charge is 0.360 e. The molecule has 1 atom stereocenters. The summed E-state index contributed by atoms with van der Waals surface area (Å²) in [5, 5.41) is 3.24. The molecule has 4 nitrogen and oxygen atoms in total. The molecule has 0 unspecified atom stereocenters. The van der Waals surface area contributed by atoms with Crippen LogP contribution in [-0.4, -0.2) is 38.1 Å². The number of anilines is 2. The fourth-order valence-electron chi connectivity index (χ4n) is 4.15. The maximum atomic E-state index is 13.0. The molecule has 4 heteroatoms. The smallest absolute Gasteiger partial charge is 0.282 e. The first-order valence-corrected chi connectivity index (χ1v) is 10.4. The van der Waals surface area contributed by atoms with Gasteiger partial charge in [0.2, 0.25) is 0 Å². The number of hydrogen-bond donors (Lipinski definition) is 2. The van der Waals surface area contributed by atoms with Crippen LogP contribution >= 0.6 is 0 Å². The molecule has 28 heavy (non-hydrogen) atoms. The number of nitrogens with zero attached hydrogens (tertiary/aromatic N) is 1. The maximum absolute atomic E-state index is 13.0. The summed E-state index contributed by atoms with van der Waals surface area (Å²) in [6.45, 7) is 14.6. The van der Waals surface area contributed by atoms with Crippen LogP contribution in [0.4, 0.5) is 11.4 Å². The van der Waals surface area contributed by atoms with Gasteiger partial charge in [0, 0.05) is 11.4 Å². The number of amides is 1. The predicted octanol–water partition coefficient (Wildman–Crippen LogP) is 3.16. The first-order chi connectivity index (χ1) is 13.4. The van der Waals surface area contributed by atoms with E-state index in [1.165, 1.54) is 21.7 Å². The summed E-state index contributed by atoms with van der Waals surface area (Å²) in [6, 6.07) is 14.8. The zero-order valence-corrected chi connectivity index (χ0v) is 17.9. The van der Waals surface area contributed by atoms with Gasteiger partial charge in [-0.3, -0.25) is 4.79 Å². The van der Waals surface area contributed by atoms with Gasteiger partial charge in [-0.25, -0.2) is 0 Å². The van der Waals surface area contributed by atoms with Gasteiger partial charge in [-0.2, -0.15) is 0 Å². The van der Waals surface area contributed by atoms with Crippen molar-refractivity contribution in [1.82, 2.24) is 0 Å². The van der Waals surface area contributed by atoms with Crippen LogP contribution in [-0.2, 0) is 4.79 Å². The lowest BCUT2D eigenvalue weighted by Gasteiger charge is -2.36. The van der Waals surface area contributed by atoms with E-state index in [0.29, 0.717) is 5.92 Å². The minimum Gasteiger partial charge on any atom is -0.360 e. The summed E-state index contributed by atoms with van der Waals surface area (Å²) in [4.78, 5) is 16.8. The number of carbonyl (C=O) groups is 1. The van der Waals surface area contributed by atoms with Crippen LogP contribution in [0, 0.1) is 13.8 Å². The molecule has 2 N–H and O–H groups in total. The molecule has 2 aromatic rings. The minimum absolute atomic E-state index is 0.0568. The van der Waals surface area contributed by atoms with Crippen molar-refractivity contribution in [3.63, 3.8) is 0 Å². The van der Waals surface area contributed by atoms with Gasteiger partial charge in [0.25, 0.3) is 5.91 Å². The highest BCUT2D eigenvalue weighted by molar-refractivity contribution is 5.95. The Kier molecular flexibility index (Phi) is 6.40. The molecule has 2 aromatic carbocycles. The molecule has 0 spiro atoms. The quantitative estimate of drug-likeness (QED) is 0.836. The van der Waals surface area contributed by atoms with E-state index in [-0.39, 0.29) is 11.9 Å². The third kappa shape index (κ3) is 4.39. The molecule has 1 fully saturated rings. The number of nitrogens with one attached hydrogen (secondary N) is 2. The summed E-state index contributed by atoms with van der Waals surface area (Å²) in [5.41, 5.74) is 5.97. The van der Waals surface area contributed by atoms with Crippen molar-refractivity contribution in [3.8, 4) is 0 Å². The summed E-state index contributed by atoms with van der Waals surface area (Å²) < 4.78 is 0. The van der Waals surface area contributed by atoms with Crippen LogP contribution in [0.2, 0.25) is 0 Å². The van der Waals surface area contributed by atoms with Crippen LogP contribution in [0.5, 0.6) is 0 Å². The Morgan fingerprint density at radius 3 is 2.25 bits per heavy atom. The van der Waals surface area contributed by atoms with Gasteiger partial charge in [-0.05, 0) is 49.4 Å². The second-order valence-corrected chi connectivity index (χ2v) is 8.34. The number of carbonyl (C=O) groups excluding carboxylic acids is 1. The average Bonchev–Trinajstić information content (AvgIpc) is 2.69. The molecular formula is C24H34N3O+. The Bertz CT molecular complexity index is 822. The first-order valence-electron chi connectivity index (χ1n) is 10.4. The number of rotatable bonds is 5. The molecule has 1 heterocycles. The lowest BCUT2D eigenvalue weighted by Crippen LogP contribution is -3.19. The molecule has 1 aliphatic rings. The fraction of sp³-hybridized carbons (Fsp3) is 0.458. The summed E-state index contributed by atoms with van der Waals surface area (Å²) >= 11 is 0. The Morgan fingerprint density at radius 1 is 0.964 bits per heavy atom. The molecular weight excluding hydrogens is 346 g/mol. The molecule has 1 aliphatic heterocycles. The van der Waals surface area contributed by atoms with Crippen molar-refractivity contribution in [2.24, 2.45) is 0 Å². The number of quaternary nitrogens is 1. The van der Waals surface area contributed by atoms with Crippen molar-refractivity contribution in [2.45, 2.75) is 46.6 Å². The predicted molar refractivity (Wildman–Crippen MR) is 117 cm³/mol. The van der Waals surface area contributed by atoms with Gasteiger partial charge < -0.3 is 15.1 Å². The SMILES string of the molecule is Cc1ccccc1N1CC[NH+]([C@H](C)C(=O)Nc2c(C)cccc2C(C)C)CC1. The van der Waals surface area contributed by atoms with Gasteiger partial charge in [-0.1, -0.05) is 50.2 Å². The Balaban J connectivity index is 1.64. The Morgan fingerprint density at radius 2 is 1.61 bits per heavy atom. The number of piperazine rings is 1. The van der Waals surface area contributed by atoms with Gasteiger partial charge in [0.15, 0.2) is 6.04 Å². The van der Waals surface area contributed by atoms with Crippen molar-refractivity contribution < 1.29 is 9.69 Å². The van der Waals surface area contributed by atoms with Crippen LogP contribution in [0.15, 0.2) is 42.5 Å². The zero-order valence-electron chi connectivity index (χ0n) is 17.9. The number of hydrogen-bond acceptors (Lipinski definition) is 2. The van der Waals surface area contributed by atoms with Gasteiger partial charge in [0.1, 0.15) is 0 Å². The lowest BCUT2D eigenvalue weighted by atomic mass is 9.98. The van der Waals surface area contributed by atoms with Gasteiger partial charge >= 0.3 is 0 Å². The molecule has 0 radical (unpaired) electrons. The highest BCUT2D eigenvalue weighted by atomic mass is 16.2. The van der Waals surface area contributed by atoms with Gasteiger partial charge in [-0.15, -0.1) is 0 Å². The summed E-state index contributed by atoms with van der Waals surface area (Å²) in [5.74, 6) is 0.506. The molecule has 0 saturated carbocycles. The number of benzene rings is 2. The fourth-order valence-corrected chi connectivity index (χ4v) is 4.15. The van der Waals surface area contributed by atoms with Crippen LogP contribution in [0.3, 0.4) is 0 Å². The summed E-state index contributed by atoms with van der Waals surface area (Å²) in [6.07, 6.45) is 0. The molecule has 150 valence electrons. The Hall–Kier alpha value is -2.33. The molecule has 1 saturated heterocycles. The third-order valence-electron chi connectivity index (χ3n) is 6.04. The van der Waals surface area contributed by atoms with Crippen molar-refractivity contribution >= 4 is 17.3 Å². The molecule has 0 aromatic heterocycles. The minimum atomic E-state index is -0.0568. The van der Waals surface area contributed by atoms with E-state index in [1.54, 1.807) is 0 Å². The highest BCUT2D eigenvalue weighted by Gasteiger charge is 2.30. The number of aryl methyl sites for hydroxylation is 2. The van der Waals surface area contributed by atoms with E-state index in [1.807, 2.05) is 0 Å². The molecule has 3 rings (SSSR count). The van der Waals surface area contributed by atoms with Crippen LogP contribution in [0.1, 0.15) is 43.4 Å². The van der Waals surface area contributed by atoms with E-state index < -0.39 is 0 Å². The summed E-state index contributed by atoms with van der Waals surface area (Å²) in [7, 11) is 0. The first kappa shape index (κ1) is 20.4. The Labute approximate surface area is 169 Å². The molecule has 0 aliphatic carbocycles. The van der Waals surface area contributed by atoms with Crippen molar-refractivity contribution in [3.05, 3.63) is 59.2 Å². The maximum Gasteiger partial charge on any atom is 0.282 e. The van der Waals surface area contributed by atoms with E-state index in [4.69, 9.17) is 0 Å². The zero-order chi connectivity index (χ0) is 20.3. The van der Waals surface area contributed by atoms with Crippen molar-refractivity contribution in [2.75, 3.05) is 36.4 Å². The number of para-hydroxylation sites is 2. The molecule has 1 amide bonds. The van der Waals surface area contributed by atoms with E-state index in [2.05, 4.69) is 87.3 Å². The standard InChI is InChI=1S/C24H33N3O/c1-17(2)21-11-8-10-19(4)23(21)25-24(28)20(5)26-13-15-27(16-14-26)22-12-7-6-9-18(22)3/h6-12,17,20H,13-16H2,1-5H3,(H,25,28)/p+1/t20-/m1/s1. The normalized spacial score (nSPS) is 16.3. The van der Waals surface area contributed by atoms with Crippen molar-refractivity contribution in [1.29, 1.82) is 0 Å². The monoisotopic (exact) mass is 380 g/mol. The van der Waals surface area contributed by atoms with Crippen LogP contribution < -0.4 is 15.1 Å². The lowest BCUT2D eigenvalue weighted by molar-refractivity contribution is -0.914. The third-order valence-corrected chi connectivity index (χ3v) is 6.04. The topological polar surface area (TPSA) is 36.8 Å². The highest BCUT2D eigenvalue weighted by Crippen LogP contribution is 2.27. The second kappa shape index (κ2) is 8.78. The van der Waals surface area contributed by atoms with Gasteiger partial charge in [0.05, 0.1) is 26.2 Å². The second-order valence-electron chi connectivity index (χ2n) is 8.34.